The molecular formula is C8H15OP. The van der Waals surface area contributed by atoms with Gasteiger partial charge in [-0.25, -0.2) is 0 Å². The zero-order valence-corrected chi connectivity index (χ0v) is 7.66. The van der Waals surface area contributed by atoms with Gasteiger partial charge in [0.1, 0.15) is 0 Å². The number of rotatable bonds is 5. The molecule has 0 saturated heterocycles. The first kappa shape index (κ1) is 9.84. The molecule has 0 aromatic rings. The Hall–Kier alpha value is -0.160. The highest BCUT2D eigenvalue weighted by Gasteiger charge is 1.93. The van der Waals surface area contributed by atoms with Crippen LogP contribution in [0.15, 0.2) is 11.6 Å². The van der Waals surface area contributed by atoms with Gasteiger partial charge < -0.3 is 0 Å². The fraction of sp³-hybridized carbons (Fsp3) is 0.750. The van der Waals surface area contributed by atoms with Crippen LogP contribution in [0.5, 0.6) is 0 Å². The summed E-state index contributed by atoms with van der Waals surface area (Å²) >= 11 is 0. The van der Waals surface area contributed by atoms with Gasteiger partial charge in [-0.05, 0) is 12.8 Å². The number of hydrogen-bond acceptors (Lipinski definition) is 1. The Morgan fingerprint density at radius 1 is 1.50 bits per heavy atom. The summed E-state index contributed by atoms with van der Waals surface area (Å²) in [6.45, 7) is 4.25. The van der Waals surface area contributed by atoms with Crippen LogP contribution in [0.2, 0.25) is 0 Å². The van der Waals surface area contributed by atoms with E-state index in [2.05, 4.69) is 19.9 Å². The lowest BCUT2D eigenvalue weighted by molar-refractivity contribution is 0.599. The van der Waals surface area contributed by atoms with Crippen molar-refractivity contribution in [2.24, 2.45) is 0 Å². The maximum absolute atomic E-state index is 10.2. The minimum Gasteiger partial charge on any atom is -0.275 e. The predicted molar refractivity (Wildman–Crippen MR) is 45.8 cm³/mol. The monoisotopic (exact) mass is 158 g/mol. The van der Waals surface area contributed by atoms with Gasteiger partial charge in [0.05, 0.1) is 0 Å². The standard InChI is InChI=1S/C8H15OP/c1-3-5-8(6-4-2)7-10-9/h5H,3-4,6-7H2,1-2H3/b8-5-. The van der Waals surface area contributed by atoms with Gasteiger partial charge in [0.25, 0.3) is 0 Å². The number of allylic oxidation sites excluding steroid dienone is 2. The molecule has 0 fully saturated rings. The normalized spacial score (nSPS) is 12.4. The summed E-state index contributed by atoms with van der Waals surface area (Å²) in [6, 6.07) is 0. The van der Waals surface area contributed by atoms with Gasteiger partial charge in [-0.2, -0.15) is 0 Å². The van der Waals surface area contributed by atoms with Gasteiger partial charge in [0.2, 0.25) is 0 Å². The van der Waals surface area contributed by atoms with E-state index in [0.29, 0.717) is 0 Å². The van der Waals surface area contributed by atoms with E-state index in [0.717, 1.165) is 25.4 Å². The predicted octanol–water partition coefficient (Wildman–Crippen LogP) is 3.41. The van der Waals surface area contributed by atoms with Gasteiger partial charge in [-0.1, -0.05) is 31.9 Å². The summed E-state index contributed by atoms with van der Waals surface area (Å²) in [5.74, 6) is 0. The average molecular weight is 158 g/mol. The minimum atomic E-state index is 0.255. The third-order valence-corrected chi connectivity index (χ3v) is 1.87. The molecule has 0 aliphatic carbocycles. The second-order valence-electron chi connectivity index (χ2n) is 2.31. The van der Waals surface area contributed by atoms with Crippen LogP contribution >= 0.6 is 8.46 Å². The molecule has 0 atom stereocenters. The van der Waals surface area contributed by atoms with Crippen molar-refractivity contribution in [2.45, 2.75) is 33.1 Å². The van der Waals surface area contributed by atoms with Crippen molar-refractivity contribution in [3.63, 3.8) is 0 Å². The lowest BCUT2D eigenvalue weighted by atomic mass is 10.1. The lowest BCUT2D eigenvalue weighted by Gasteiger charge is -1.97. The Morgan fingerprint density at radius 3 is 2.60 bits per heavy atom. The second kappa shape index (κ2) is 6.95. The van der Waals surface area contributed by atoms with Crippen LogP contribution in [-0.2, 0) is 4.57 Å². The highest BCUT2D eigenvalue weighted by atomic mass is 31.1. The molecule has 1 nitrogen and oxygen atoms in total. The minimum absolute atomic E-state index is 0.255. The molecule has 0 heterocycles. The summed E-state index contributed by atoms with van der Waals surface area (Å²) in [4.78, 5) is 0. The fourth-order valence-corrected chi connectivity index (χ4v) is 1.39. The molecule has 0 aliphatic rings. The molecule has 0 N–H and O–H groups in total. The summed E-state index contributed by atoms with van der Waals surface area (Å²) in [5, 5.41) is 0. The maximum atomic E-state index is 10.2. The molecule has 0 aromatic heterocycles. The lowest BCUT2D eigenvalue weighted by Crippen LogP contribution is -1.83. The zero-order chi connectivity index (χ0) is 7.82. The van der Waals surface area contributed by atoms with E-state index in [9.17, 15) is 4.57 Å². The van der Waals surface area contributed by atoms with Crippen molar-refractivity contribution in [3.8, 4) is 0 Å². The van der Waals surface area contributed by atoms with Crippen LogP contribution in [0.1, 0.15) is 33.1 Å². The van der Waals surface area contributed by atoms with Crippen molar-refractivity contribution in [2.75, 3.05) is 6.16 Å². The first-order valence-corrected chi connectivity index (χ1v) is 4.81. The molecule has 2 heteroatoms. The molecule has 0 aliphatic heterocycles. The third kappa shape index (κ3) is 4.69. The van der Waals surface area contributed by atoms with E-state index in [4.69, 9.17) is 0 Å². The molecular weight excluding hydrogens is 143 g/mol. The molecule has 0 radical (unpaired) electrons. The Morgan fingerprint density at radius 2 is 2.20 bits per heavy atom. The van der Waals surface area contributed by atoms with E-state index in [-0.39, 0.29) is 8.46 Å². The Balaban J connectivity index is 3.71. The van der Waals surface area contributed by atoms with Crippen molar-refractivity contribution >= 4 is 8.46 Å². The van der Waals surface area contributed by atoms with Gasteiger partial charge in [0, 0.05) is 6.16 Å². The topological polar surface area (TPSA) is 17.1 Å². The van der Waals surface area contributed by atoms with Crippen molar-refractivity contribution < 1.29 is 4.57 Å². The van der Waals surface area contributed by atoms with Crippen LogP contribution < -0.4 is 0 Å². The molecule has 0 amide bonds. The molecule has 0 aromatic carbocycles. The summed E-state index contributed by atoms with van der Waals surface area (Å²) in [5.41, 5.74) is 1.33. The van der Waals surface area contributed by atoms with Crippen LogP contribution in [0.4, 0.5) is 0 Å². The zero-order valence-electron chi connectivity index (χ0n) is 6.76. The van der Waals surface area contributed by atoms with Gasteiger partial charge >= 0.3 is 0 Å². The molecule has 58 valence electrons. The molecule has 0 rings (SSSR count). The first-order chi connectivity index (χ1) is 4.85. The second-order valence-corrected chi connectivity index (χ2v) is 2.88. The highest BCUT2D eigenvalue weighted by Crippen LogP contribution is 2.11. The van der Waals surface area contributed by atoms with Crippen LogP contribution in [0.25, 0.3) is 0 Å². The molecule has 10 heavy (non-hydrogen) atoms. The molecule has 0 bridgehead atoms. The molecule has 0 saturated carbocycles. The van der Waals surface area contributed by atoms with E-state index in [1.54, 1.807) is 0 Å². The summed E-state index contributed by atoms with van der Waals surface area (Å²) in [7, 11) is 0.255. The Labute approximate surface area is 64.7 Å². The van der Waals surface area contributed by atoms with Gasteiger partial charge in [-0.15, -0.1) is 0 Å². The SMILES string of the molecule is CC/C=C(/CCC)CP=O. The summed E-state index contributed by atoms with van der Waals surface area (Å²) in [6.07, 6.45) is 6.21. The fourth-order valence-electron chi connectivity index (χ4n) is 0.938. The molecule has 0 unspecified atom stereocenters. The molecule has 0 spiro atoms. The number of hydrogen-bond donors (Lipinski definition) is 0. The van der Waals surface area contributed by atoms with E-state index >= 15 is 0 Å². The Bertz CT molecular complexity index is 118. The summed E-state index contributed by atoms with van der Waals surface area (Å²) < 4.78 is 10.2. The van der Waals surface area contributed by atoms with Crippen LogP contribution in [-0.4, -0.2) is 6.16 Å². The van der Waals surface area contributed by atoms with Crippen molar-refractivity contribution in [3.05, 3.63) is 11.6 Å². The largest absolute Gasteiger partial charge is 0.275 e. The maximum Gasteiger partial charge on any atom is 0.159 e. The van der Waals surface area contributed by atoms with E-state index in [1.165, 1.54) is 5.57 Å². The van der Waals surface area contributed by atoms with Crippen LogP contribution in [0.3, 0.4) is 0 Å². The smallest absolute Gasteiger partial charge is 0.159 e. The van der Waals surface area contributed by atoms with Gasteiger partial charge in [-0.3, -0.25) is 4.57 Å². The highest BCUT2D eigenvalue weighted by molar-refractivity contribution is 7.24. The van der Waals surface area contributed by atoms with Crippen molar-refractivity contribution in [1.29, 1.82) is 0 Å². The van der Waals surface area contributed by atoms with Crippen LogP contribution in [0, 0.1) is 0 Å². The Kier molecular flexibility index (Phi) is 6.84. The van der Waals surface area contributed by atoms with Crippen molar-refractivity contribution in [1.82, 2.24) is 0 Å². The first-order valence-electron chi connectivity index (χ1n) is 3.82. The third-order valence-electron chi connectivity index (χ3n) is 1.33. The van der Waals surface area contributed by atoms with Gasteiger partial charge in [0.15, 0.2) is 8.46 Å². The van der Waals surface area contributed by atoms with E-state index in [1.807, 2.05) is 0 Å². The van der Waals surface area contributed by atoms with E-state index < -0.39 is 0 Å². The quantitative estimate of drug-likeness (QED) is 0.442. The average Bonchev–Trinajstić information content (AvgIpc) is 1.90.